The third-order valence-corrected chi connectivity index (χ3v) is 7.24. The maximum atomic E-state index is 12.9. The number of ether oxygens (including phenoxy) is 1. The van der Waals surface area contributed by atoms with Gasteiger partial charge in [-0.2, -0.15) is 4.98 Å². The third-order valence-electron chi connectivity index (χ3n) is 5.36. The molecule has 4 bridgehead atoms. The number of aromatic nitrogens is 2. The number of hydrogen-bond donors (Lipinski definition) is 3. The lowest BCUT2D eigenvalue weighted by Gasteiger charge is -2.15. The number of benzene rings is 2. The van der Waals surface area contributed by atoms with Crippen LogP contribution in [-0.4, -0.2) is 33.1 Å². The van der Waals surface area contributed by atoms with Crippen molar-refractivity contribution in [3.8, 4) is 16.9 Å². The summed E-state index contributed by atoms with van der Waals surface area (Å²) >= 11 is 0. The van der Waals surface area contributed by atoms with E-state index in [-0.39, 0.29) is 0 Å². The molecule has 1 aliphatic rings. The minimum atomic E-state index is -2.82. The summed E-state index contributed by atoms with van der Waals surface area (Å²) in [5, 5.41) is 6.61. The second-order valence-electron chi connectivity index (χ2n) is 7.95. The predicted molar refractivity (Wildman–Crippen MR) is 129 cm³/mol. The average molecular weight is 452 g/mol. The summed E-state index contributed by atoms with van der Waals surface area (Å²) in [6.45, 7) is 5.50. The molecule has 0 aliphatic carbocycles. The van der Waals surface area contributed by atoms with Gasteiger partial charge in [0.2, 0.25) is 5.95 Å². The highest BCUT2D eigenvalue weighted by molar-refractivity contribution is 7.92. The number of fused-ring (bicyclic) bond motifs is 4. The first-order valence-corrected chi connectivity index (χ1v) is 12.7. The molecule has 1 aromatic heterocycles. The molecule has 0 spiro atoms. The van der Waals surface area contributed by atoms with Crippen molar-refractivity contribution in [2.24, 2.45) is 0 Å². The first-order valence-electron chi connectivity index (χ1n) is 10.9. The fourth-order valence-electron chi connectivity index (χ4n) is 3.64. The first-order chi connectivity index (χ1) is 15.5. The van der Waals surface area contributed by atoms with Gasteiger partial charge in [-0.3, -0.25) is 0 Å². The highest BCUT2D eigenvalue weighted by Gasteiger charge is 2.15. The Hall–Kier alpha value is -3.13. The molecule has 1 aliphatic heterocycles. The molecule has 8 heteroatoms. The topological polar surface area (TPSA) is 100.0 Å². The average Bonchev–Trinajstić information content (AvgIpc) is 2.78. The smallest absolute Gasteiger partial charge is 0.229 e. The van der Waals surface area contributed by atoms with Gasteiger partial charge in [0.15, 0.2) is 0 Å². The van der Waals surface area contributed by atoms with Gasteiger partial charge in [0.25, 0.3) is 0 Å². The molecule has 2 heterocycles. The molecule has 168 valence electrons. The van der Waals surface area contributed by atoms with Crippen LogP contribution in [0.4, 0.5) is 17.5 Å². The van der Waals surface area contributed by atoms with Gasteiger partial charge < -0.3 is 15.4 Å². The number of nitrogens with zero attached hydrogens (tertiary/aromatic N) is 2. The van der Waals surface area contributed by atoms with Crippen LogP contribution in [0.1, 0.15) is 31.7 Å². The van der Waals surface area contributed by atoms with E-state index in [0.717, 1.165) is 41.1 Å². The molecule has 4 rings (SSSR count). The van der Waals surface area contributed by atoms with Gasteiger partial charge in [0.1, 0.15) is 11.6 Å². The highest BCUT2D eigenvalue weighted by Crippen LogP contribution is 2.31. The lowest BCUT2D eigenvalue weighted by atomic mass is 10.0. The first kappa shape index (κ1) is 22.1. The molecule has 0 fully saturated rings. The van der Waals surface area contributed by atoms with Crippen LogP contribution in [0.2, 0.25) is 0 Å². The van der Waals surface area contributed by atoms with E-state index in [4.69, 9.17) is 14.5 Å². The van der Waals surface area contributed by atoms with Gasteiger partial charge in [-0.05, 0) is 67.6 Å². The normalized spacial score (nSPS) is 18.3. The summed E-state index contributed by atoms with van der Waals surface area (Å²) in [5.74, 6) is 2.42. The van der Waals surface area contributed by atoms with E-state index in [9.17, 15) is 4.21 Å². The summed E-state index contributed by atoms with van der Waals surface area (Å²) in [6.07, 6.45) is 4.28. The Morgan fingerprint density at radius 2 is 2.06 bits per heavy atom. The molecule has 32 heavy (non-hydrogen) atoms. The second kappa shape index (κ2) is 9.56. The zero-order chi connectivity index (χ0) is 22.6. The SMILES string of the molecule is CCCOc1ccc(-c2cnc3nc2NCCCCS(=N)(=O)c2cccc(c2)N3)cc1C. The molecule has 3 aromatic rings. The van der Waals surface area contributed by atoms with Crippen LogP contribution >= 0.6 is 0 Å². The van der Waals surface area contributed by atoms with Gasteiger partial charge in [-0.25, -0.2) is 14.0 Å². The van der Waals surface area contributed by atoms with Gasteiger partial charge in [0, 0.05) is 34.6 Å². The van der Waals surface area contributed by atoms with E-state index in [1.165, 1.54) is 0 Å². The summed E-state index contributed by atoms with van der Waals surface area (Å²) in [5.41, 5.74) is 3.71. The van der Waals surface area contributed by atoms with Crippen LogP contribution in [0.3, 0.4) is 0 Å². The van der Waals surface area contributed by atoms with E-state index >= 15 is 0 Å². The van der Waals surface area contributed by atoms with Crippen molar-refractivity contribution >= 4 is 27.2 Å². The molecule has 0 saturated heterocycles. The molecule has 1 unspecified atom stereocenters. The molecule has 0 saturated carbocycles. The summed E-state index contributed by atoms with van der Waals surface area (Å²) in [4.78, 5) is 9.77. The molecule has 0 radical (unpaired) electrons. The van der Waals surface area contributed by atoms with E-state index < -0.39 is 9.73 Å². The standard InChI is InChI=1S/C24H29N5O2S/c1-3-12-31-22-10-9-18(14-17(22)2)21-16-27-24-28-19-7-6-8-20(15-19)32(25,30)13-5-4-11-26-23(21)29-24/h6-10,14-16,25H,3-5,11-13H2,1-2H3,(H2,26,27,28,29). The number of nitrogens with one attached hydrogen (secondary N) is 3. The second-order valence-corrected chi connectivity index (χ2v) is 10.2. The van der Waals surface area contributed by atoms with E-state index in [1.54, 1.807) is 12.1 Å². The number of rotatable bonds is 4. The lowest BCUT2D eigenvalue weighted by Crippen LogP contribution is -2.09. The van der Waals surface area contributed by atoms with Crippen molar-refractivity contribution < 1.29 is 8.95 Å². The van der Waals surface area contributed by atoms with Crippen molar-refractivity contribution in [1.29, 1.82) is 4.78 Å². The minimum absolute atomic E-state index is 0.340. The van der Waals surface area contributed by atoms with Crippen molar-refractivity contribution in [2.75, 3.05) is 29.5 Å². The summed E-state index contributed by atoms with van der Waals surface area (Å²) < 4.78 is 27.0. The van der Waals surface area contributed by atoms with Crippen molar-refractivity contribution in [2.45, 2.75) is 38.0 Å². The Morgan fingerprint density at radius 1 is 1.19 bits per heavy atom. The Kier molecular flexibility index (Phi) is 6.60. The number of anilines is 3. The molecule has 1 atom stereocenters. The third kappa shape index (κ3) is 5.02. The van der Waals surface area contributed by atoms with Crippen LogP contribution in [0.25, 0.3) is 11.1 Å². The van der Waals surface area contributed by atoms with Crippen LogP contribution in [0, 0.1) is 11.7 Å². The Bertz CT molecular complexity index is 1210. The van der Waals surface area contributed by atoms with E-state index in [2.05, 4.69) is 28.6 Å². The lowest BCUT2D eigenvalue weighted by molar-refractivity contribution is 0.315. The Balaban J connectivity index is 1.69. The Labute approximate surface area is 189 Å². The van der Waals surface area contributed by atoms with Gasteiger partial charge in [-0.15, -0.1) is 0 Å². The molecule has 2 aromatic carbocycles. The fraction of sp³-hybridized carbons (Fsp3) is 0.333. The van der Waals surface area contributed by atoms with Crippen molar-refractivity contribution in [3.63, 3.8) is 0 Å². The van der Waals surface area contributed by atoms with Crippen LogP contribution in [0.5, 0.6) is 5.75 Å². The minimum Gasteiger partial charge on any atom is -0.493 e. The number of aryl methyl sites for hydroxylation is 1. The largest absolute Gasteiger partial charge is 0.493 e. The fourth-order valence-corrected chi connectivity index (χ4v) is 5.10. The van der Waals surface area contributed by atoms with Crippen molar-refractivity contribution in [1.82, 2.24) is 9.97 Å². The summed E-state index contributed by atoms with van der Waals surface area (Å²) in [7, 11) is -2.82. The summed E-state index contributed by atoms with van der Waals surface area (Å²) in [6, 6.07) is 13.3. The molecule has 3 N–H and O–H groups in total. The van der Waals surface area contributed by atoms with E-state index in [1.807, 2.05) is 37.4 Å². The predicted octanol–water partition coefficient (Wildman–Crippen LogP) is 5.60. The van der Waals surface area contributed by atoms with E-state index in [0.29, 0.717) is 41.9 Å². The van der Waals surface area contributed by atoms with Crippen molar-refractivity contribution in [3.05, 3.63) is 54.2 Å². The molecule has 0 amide bonds. The molecular weight excluding hydrogens is 422 g/mol. The zero-order valence-corrected chi connectivity index (χ0v) is 19.3. The van der Waals surface area contributed by atoms with Gasteiger partial charge >= 0.3 is 0 Å². The maximum Gasteiger partial charge on any atom is 0.229 e. The maximum absolute atomic E-state index is 12.9. The van der Waals surface area contributed by atoms with Crippen LogP contribution < -0.4 is 15.4 Å². The van der Waals surface area contributed by atoms with Gasteiger partial charge in [0.05, 0.1) is 16.3 Å². The van der Waals surface area contributed by atoms with Crippen LogP contribution in [0.15, 0.2) is 53.6 Å². The highest BCUT2D eigenvalue weighted by atomic mass is 32.2. The van der Waals surface area contributed by atoms with Gasteiger partial charge in [-0.1, -0.05) is 19.1 Å². The van der Waals surface area contributed by atoms with Crippen LogP contribution in [-0.2, 0) is 9.73 Å². The Morgan fingerprint density at radius 3 is 2.88 bits per heavy atom. The molecular formula is C24H29N5O2S. The molecule has 7 nitrogen and oxygen atoms in total. The monoisotopic (exact) mass is 451 g/mol. The zero-order valence-electron chi connectivity index (χ0n) is 18.5. The number of hydrogen-bond acceptors (Lipinski definition) is 7. The quantitative estimate of drug-likeness (QED) is 0.478.